The summed E-state index contributed by atoms with van der Waals surface area (Å²) in [7, 11) is 0. The second-order valence-corrected chi connectivity index (χ2v) is 5.24. The predicted octanol–water partition coefficient (Wildman–Crippen LogP) is 1.20. The van der Waals surface area contributed by atoms with Crippen molar-refractivity contribution in [3.8, 4) is 0 Å². The number of hydrogen-bond acceptors (Lipinski definition) is 4. The molecule has 0 radical (unpaired) electrons. The lowest BCUT2D eigenvalue weighted by Gasteiger charge is -2.18. The summed E-state index contributed by atoms with van der Waals surface area (Å²) < 4.78 is 0. The van der Waals surface area contributed by atoms with Gasteiger partial charge in [0.15, 0.2) is 0 Å². The molecule has 1 saturated carbocycles. The molecule has 5 heteroatoms. The molecule has 0 amide bonds. The first kappa shape index (κ1) is 11.4. The number of piperidine rings is 1. The Morgan fingerprint density at radius 1 is 1.39 bits per heavy atom. The van der Waals surface area contributed by atoms with E-state index in [2.05, 4.69) is 21.8 Å². The second kappa shape index (κ2) is 4.23. The molecule has 2 aliphatic rings. The molecule has 1 aliphatic carbocycles. The SMILES string of the molecule is CCCc1cnc(N2C[C@@H]3C(C(=O)O)[C@@H]3C2)nc1. The smallest absolute Gasteiger partial charge is 0.307 e. The standard InChI is InChI=1S/C13H17N3O2/c1-2-3-8-4-14-13(15-5-8)16-6-9-10(7-16)11(9)12(17)18/h4-5,9-11H,2-3,6-7H2,1H3,(H,17,18)/t9-,10+,11?. The Labute approximate surface area is 106 Å². The maximum Gasteiger partial charge on any atom is 0.307 e. The van der Waals surface area contributed by atoms with Gasteiger partial charge in [0.05, 0.1) is 5.92 Å². The van der Waals surface area contributed by atoms with Gasteiger partial charge in [-0.25, -0.2) is 9.97 Å². The molecule has 1 saturated heterocycles. The first-order chi connectivity index (χ1) is 8.70. The number of hydrogen-bond donors (Lipinski definition) is 1. The predicted molar refractivity (Wildman–Crippen MR) is 66.3 cm³/mol. The minimum Gasteiger partial charge on any atom is -0.481 e. The monoisotopic (exact) mass is 247 g/mol. The highest BCUT2D eigenvalue weighted by molar-refractivity contribution is 5.75. The highest BCUT2D eigenvalue weighted by atomic mass is 16.4. The molecule has 1 aliphatic heterocycles. The number of fused-ring (bicyclic) bond motifs is 1. The van der Waals surface area contributed by atoms with Crippen molar-refractivity contribution >= 4 is 11.9 Å². The fourth-order valence-electron chi connectivity index (χ4n) is 2.99. The van der Waals surface area contributed by atoms with E-state index in [-0.39, 0.29) is 5.92 Å². The zero-order chi connectivity index (χ0) is 12.7. The number of carboxylic acids is 1. The van der Waals surface area contributed by atoms with Crippen LogP contribution in [0.2, 0.25) is 0 Å². The fraction of sp³-hybridized carbons (Fsp3) is 0.615. The van der Waals surface area contributed by atoms with Gasteiger partial charge >= 0.3 is 5.97 Å². The van der Waals surface area contributed by atoms with Crippen LogP contribution in [0.3, 0.4) is 0 Å². The topological polar surface area (TPSA) is 66.3 Å². The first-order valence-electron chi connectivity index (χ1n) is 6.49. The van der Waals surface area contributed by atoms with Crippen molar-refractivity contribution in [1.82, 2.24) is 9.97 Å². The summed E-state index contributed by atoms with van der Waals surface area (Å²) in [6.45, 7) is 3.71. The first-order valence-corrected chi connectivity index (χ1v) is 6.49. The third kappa shape index (κ3) is 1.83. The van der Waals surface area contributed by atoms with E-state index in [0.717, 1.165) is 37.4 Å². The van der Waals surface area contributed by atoms with Gasteiger partial charge in [-0.2, -0.15) is 0 Å². The number of aromatic nitrogens is 2. The number of nitrogens with zero attached hydrogens (tertiary/aromatic N) is 3. The van der Waals surface area contributed by atoms with Crippen LogP contribution < -0.4 is 4.90 Å². The Morgan fingerprint density at radius 2 is 2.00 bits per heavy atom. The number of aryl methyl sites for hydroxylation is 1. The highest BCUT2D eigenvalue weighted by Crippen LogP contribution is 2.52. The van der Waals surface area contributed by atoms with Gasteiger partial charge in [-0.15, -0.1) is 0 Å². The number of rotatable bonds is 4. The Balaban J connectivity index is 1.63. The van der Waals surface area contributed by atoms with Crippen molar-refractivity contribution in [2.45, 2.75) is 19.8 Å². The van der Waals surface area contributed by atoms with E-state index in [1.54, 1.807) is 0 Å². The van der Waals surface area contributed by atoms with Crippen LogP contribution in [0.4, 0.5) is 5.95 Å². The summed E-state index contributed by atoms with van der Waals surface area (Å²) in [5, 5.41) is 8.96. The third-order valence-corrected chi connectivity index (χ3v) is 3.99. The van der Waals surface area contributed by atoms with Gasteiger partial charge in [0.2, 0.25) is 5.95 Å². The van der Waals surface area contributed by atoms with Gasteiger partial charge in [-0.1, -0.05) is 13.3 Å². The summed E-state index contributed by atoms with van der Waals surface area (Å²) in [6.07, 6.45) is 5.86. The minimum atomic E-state index is -0.649. The van der Waals surface area contributed by atoms with Crippen molar-refractivity contribution < 1.29 is 9.90 Å². The summed E-state index contributed by atoms with van der Waals surface area (Å²) >= 11 is 0. The summed E-state index contributed by atoms with van der Waals surface area (Å²) in [6, 6.07) is 0. The molecule has 96 valence electrons. The molecule has 2 fully saturated rings. The molecule has 1 aromatic rings. The molecule has 0 bridgehead atoms. The van der Waals surface area contributed by atoms with Crippen LogP contribution in [0.25, 0.3) is 0 Å². The van der Waals surface area contributed by atoms with Gasteiger partial charge < -0.3 is 10.0 Å². The molecule has 0 aromatic carbocycles. The van der Waals surface area contributed by atoms with Crippen molar-refractivity contribution in [2.24, 2.45) is 17.8 Å². The normalized spacial score (nSPS) is 29.2. The lowest BCUT2D eigenvalue weighted by molar-refractivity contribution is -0.139. The van der Waals surface area contributed by atoms with Gasteiger partial charge in [0.1, 0.15) is 0 Å². The van der Waals surface area contributed by atoms with Gasteiger partial charge in [-0.05, 0) is 23.8 Å². The largest absolute Gasteiger partial charge is 0.481 e. The number of carbonyl (C=O) groups is 1. The van der Waals surface area contributed by atoms with E-state index >= 15 is 0 Å². The molecule has 2 heterocycles. The Bertz CT molecular complexity index is 448. The molecular weight excluding hydrogens is 230 g/mol. The van der Waals surface area contributed by atoms with E-state index in [1.807, 2.05) is 12.4 Å². The Hall–Kier alpha value is -1.65. The molecule has 1 N–H and O–H groups in total. The molecule has 0 spiro atoms. The van der Waals surface area contributed by atoms with Crippen molar-refractivity contribution in [2.75, 3.05) is 18.0 Å². The molecule has 1 aromatic heterocycles. The van der Waals surface area contributed by atoms with E-state index in [4.69, 9.17) is 5.11 Å². The zero-order valence-corrected chi connectivity index (χ0v) is 10.4. The molecule has 18 heavy (non-hydrogen) atoms. The fourth-order valence-corrected chi connectivity index (χ4v) is 2.99. The van der Waals surface area contributed by atoms with Crippen molar-refractivity contribution in [3.05, 3.63) is 18.0 Å². The molecule has 1 unspecified atom stereocenters. The van der Waals surface area contributed by atoms with Crippen LogP contribution in [-0.2, 0) is 11.2 Å². The van der Waals surface area contributed by atoms with E-state index in [1.165, 1.54) is 0 Å². The van der Waals surface area contributed by atoms with Crippen LogP contribution >= 0.6 is 0 Å². The number of aliphatic carboxylic acids is 1. The molecular formula is C13H17N3O2. The van der Waals surface area contributed by atoms with Crippen LogP contribution in [0, 0.1) is 17.8 Å². The molecule has 5 nitrogen and oxygen atoms in total. The summed E-state index contributed by atoms with van der Waals surface area (Å²) in [4.78, 5) is 21.7. The summed E-state index contributed by atoms with van der Waals surface area (Å²) in [5.74, 6) is 0.582. The van der Waals surface area contributed by atoms with E-state index in [9.17, 15) is 4.79 Å². The number of anilines is 1. The van der Waals surface area contributed by atoms with Crippen LogP contribution in [0.15, 0.2) is 12.4 Å². The van der Waals surface area contributed by atoms with Gasteiger partial charge in [0.25, 0.3) is 0 Å². The average molecular weight is 247 g/mol. The number of carboxylic acid groups (broad SMARTS) is 1. The summed E-state index contributed by atoms with van der Waals surface area (Å²) in [5.41, 5.74) is 1.16. The third-order valence-electron chi connectivity index (χ3n) is 3.99. The average Bonchev–Trinajstić information content (AvgIpc) is 2.87. The van der Waals surface area contributed by atoms with Gasteiger partial charge in [0, 0.05) is 25.5 Å². The second-order valence-electron chi connectivity index (χ2n) is 5.24. The van der Waals surface area contributed by atoms with Gasteiger partial charge in [-0.3, -0.25) is 4.79 Å². The maximum atomic E-state index is 10.9. The van der Waals surface area contributed by atoms with Crippen LogP contribution in [-0.4, -0.2) is 34.1 Å². The molecule has 3 rings (SSSR count). The lowest BCUT2D eigenvalue weighted by Crippen LogP contribution is -2.27. The van der Waals surface area contributed by atoms with Crippen LogP contribution in [0.5, 0.6) is 0 Å². The highest BCUT2D eigenvalue weighted by Gasteiger charge is 2.60. The minimum absolute atomic E-state index is 0.124. The van der Waals surface area contributed by atoms with Crippen LogP contribution in [0.1, 0.15) is 18.9 Å². The Kier molecular flexibility index (Phi) is 2.69. The lowest BCUT2D eigenvalue weighted by atomic mass is 10.2. The van der Waals surface area contributed by atoms with E-state index in [0.29, 0.717) is 11.8 Å². The molecule has 3 atom stereocenters. The van der Waals surface area contributed by atoms with E-state index < -0.39 is 5.97 Å². The Morgan fingerprint density at radius 3 is 2.50 bits per heavy atom. The van der Waals surface area contributed by atoms with Crippen molar-refractivity contribution in [1.29, 1.82) is 0 Å². The zero-order valence-electron chi connectivity index (χ0n) is 10.4. The van der Waals surface area contributed by atoms with Crippen molar-refractivity contribution in [3.63, 3.8) is 0 Å². The quantitative estimate of drug-likeness (QED) is 0.866. The maximum absolute atomic E-state index is 10.9.